The van der Waals surface area contributed by atoms with Crippen molar-refractivity contribution in [1.29, 1.82) is 0 Å². The van der Waals surface area contributed by atoms with Crippen LogP contribution in [0, 0.1) is 5.92 Å². The number of aromatic nitrogens is 2. The summed E-state index contributed by atoms with van der Waals surface area (Å²) >= 11 is 0. The van der Waals surface area contributed by atoms with Gasteiger partial charge in [0, 0.05) is 32.3 Å². The van der Waals surface area contributed by atoms with E-state index in [2.05, 4.69) is 10.1 Å². The van der Waals surface area contributed by atoms with E-state index in [0.29, 0.717) is 25.3 Å². The second-order valence-corrected chi connectivity index (χ2v) is 5.68. The summed E-state index contributed by atoms with van der Waals surface area (Å²) in [6, 6.07) is 7.31. The summed E-state index contributed by atoms with van der Waals surface area (Å²) in [5, 5.41) is 3.80. The summed E-state index contributed by atoms with van der Waals surface area (Å²) in [4.78, 5) is 32.1. The Labute approximate surface area is 133 Å². The first-order valence-electron chi connectivity index (χ1n) is 7.45. The Morgan fingerprint density at radius 3 is 2.96 bits per heavy atom. The molecule has 7 nitrogen and oxygen atoms in total. The Bertz CT molecular complexity index is 672. The van der Waals surface area contributed by atoms with Gasteiger partial charge in [0.25, 0.3) is 0 Å². The second kappa shape index (κ2) is 6.60. The first-order valence-corrected chi connectivity index (χ1v) is 7.45. The zero-order valence-corrected chi connectivity index (χ0v) is 12.9. The number of hydrogen-bond donors (Lipinski definition) is 0. The van der Waals surface area contributed by atoms with E-state index in [4.69, 9.17) is 4.52 Å². The highest BCUT2D eigenvalue weighted by atomic mass is 16.5. The molecule has 2 amide bonds. The van der Waals surface area contributed by atoms with Crippen LogP contribution in [0.25, 0.3) is 0 Å². The van der Waals surface area contributed by atoms with Gasteiger partial charge in [-0.1, -0.05) is 11.2 Å². The SMILES string of the molecule is CN(Cc1ccon1)C(=O)C1CC(=O)N(Cc2ccccn2)C1. The molecule has 1 atom stereocenters. The summed E-state index contributed by atoms with van der Waals surface area (Å²) < 4.78 is 4.76. The molecule has 0 spiro atoms. The average molecular weight is 314 g/mol. The number of likely N-dealkylation sites (tertiary alicyclic amines) is 1. The van der Waals surface area contributed by atoms with Crippen LogP contribution in [0.3, 0.4) is 0 Å². The molecule has 0 aromatic carbocycles. The molecule has 0 bridgehead atoms. The van der Waals surface area contributed by atoms with Crippen molar-refractivity contribution in [3.05, 3.63) is 48.1 Å². The molecule has 1 aliphatic heterocycles. The summed E-state index contributed by atoms with van der Waals surface area (Å²) in [6.07, 6.45) is 3.42. The molecule has 1 fully saturated rings. The Kier molecular flexibility index (Phi) is 4.36. The van der Waals surface area contributed by atoms with Gasteiger partial charge in [0.1, 0.15) is 12.0 Å². The normalized spacial score (nSPS) is 17.5. The minimum atomic E-state index is -0.317. The van der Waals surface area contributed by atoms with Crippen molar-refractivity contribution in [2.24, 2.45) is 5.92 Å². The Morgan fingerprint density at radius 1 is 1.39 bits per heavy atom. The van der Waals surface area contributed by atoms with Crippen LogP contribution in [0.15, 0.2) is 41.2 Å². The molecule has 120 valence electrons. The maximum absolute atomic E-state index is 12.5. The first kappa shape index (κ1) is 15.2. The van der Waals surface area contributed by atoms with Crippen LogP contribution in [-0.4, -0.2) is 45.3 Å². The van der Waals surface area contributed by atoms with Crippen LogP contribution in [-0.2, 0) is 22.7 Å². The van der Waals surface area contributed by atoms with Crippen molar-refractivity contribution in [2.75, 3.05) is 13.6 Å². The van der Waals surface area contributed by atoms with E-state index in [-0.39, 0.29) is 24.2 Å². The molecule has 0 radical (unpaired) electrons. The third-order valence-corrected chi connectivity index (χ3v) is 3.91. The first-order chi connectivity index (χ1) is 11.1. The van der Waals surface area contributed by atoms with Crippen molar-refractivity contribution in [1.82, 2.24) is 19.9 Å². The lowest BCUT2D eigenvalue weighted by molar-refractivity contribution is -0.135. The maximum Gasteiger partial charge on any atom is 0.228 e. The van der Waals surface area contributed by atoms with E-state index in [1.165, 1.54) is 6.26 Å². The molecule has 1 unspecified atom stereocenters. The molecule has 1 saturated heterocycles. The van der Waals surface area contributed by atoms with Crippen molar-refractivity contribution in [3.63, 3.8) is 0 Å². The van der Waals surface area contributed by atoms with Crippen LogP contribution in [0.5, 0.6) is 0 Å². The molecular formula is C16H18N4O3. The second-order valence-electron chi connectivity index (χ2n) is 5.68. The number of rotatable bonds is 5. The molecule has 1 aliphatic rings. The molecule has 23 heavy (non-hydrogen) atoms. The van der Waals surface area contributed by atoms with Gasteiger partial charge in [0.15, 0.2) is 0 Å². The third-order valence-electron chi connectivity index (χ3n) is 3.91. The predicted molar refractivity (Wildman–Crippen MR) is 80.7 cm³/mol. The number of carbonyl (C=O) groups excluding carboxylic acids is 2. The van der Waals surface area contributed by atoms with E-state index in [1.54, 1.807) is 29.1 Å². The summed E-state index contributed by atoms with van der Waals surface area (Å²) in [5.41, 5.74) is 1.51. The molecule has 7 heteroatoms. The van der Waals surface area contributed by atoms with E-state index in [9.17, 15) is 9.59 Å². The minimum absolute atomic E-state index is 0.0103. The number of amides is 2. The van der Waals surface area contributed by atoms with E-state index >= 15 is 0 Å². The average Bonchev–Trinajstić information content (AvgIpc) is 3.18. The predicted octanol–water partition coefficient (Wildman–Crippen LogP) is 1.08. The van der Waals surface area contributed by atoms with Crippen LogP contribution >= 0.6 is 0 Å². The van der Waals surface area contributed by atoms with Crippen molar-refractivity contribution < 1.29 is 14.1 Å². The Balaban J connectivity index is 1.59. The molecule has 3 heterocycles. The Morgan fingerprint density at radius 2 is 2.26 bits per heavy atom. The number of pyridine rings is 1. The minimum Gasteiger partial charge on any atom is -0.364 e. The van der Waals surface area contributed by atoms with Gasteiger partial charge < -0.3 is 14.3 Å². The smallest absolute Gasteiger partial charge is 0.228 e. The summed E-state index contributed by atoms with van der Waals surface area (Å²) in [5.74, 6) is -0.378. The highest BCUT2D eigenvalue weighted by molar-refractivity contribution is 5.89. The summed E-state index contributed by atoms with van der Waals surface area (Å²) in [6.45, 7) is 1.24. The molecule has 2 aromatic heterocycles. The van der Waals surface area contributed by atoms with Gasteiger partial charge in [-0.25, -0.2) is 0 Å². The molecule has 0 N–H and O–H groups in total. The quantitative estimate of drug-likeness (QED) is 0.825. The van der Waals surface area contributed by atoms with E-state index < -0.39 is 0 Å². The zero-order valence-electron chi connectivity index (χ0n) is 12.9. The Hall–Kier alpha value is -2.70. The van der Waals surface area contributed by atoms with Gasteiger partial charge in [-0.2, -0.15) is 0 Å². The fraction of sp³-hybridized carbons (Fsp3) is 0.375. The topological polar surface area (TPSA) is 79.5 Å². The highest BCUT2D eigenvalue weighted by Gasteiger charge is 2.35. The van der Waals surface area contributed by atoms with Gasteiger partial charge in [-0.3, -0.25) is 14.6 Å². The van der Waals surface area contributed by atoms with Gasteiger partial charge >= 0.3 is 0 Å². The lowest BCUT2D eigenvalue weighted by Gasteiger charge is -2.20. The van der Waals surface area contributed by atoms with Gasteiger partial charge in [-0.05, 0) is 12.1 Å². The van der Waals surface area contributed by atoms with Crippen molar-refractivity contribution in [3.8, 4) is 0 Å². The maximum atomic E-state index is 12.5. The standard InChI is InChI=1S/C16H18N4O3/c1-19(10-14-5-7-23-18-14)16(22)12-8-15(21)20(9-12)11-13-4-2-3-6-17-13/h2-7,12H,8-11H2,1H3. The van der Waals surface area contributed by atoms with Gasteiger partial charge in [-0.15, -0.1) is 0 Å². The van der Waals surface area contributed by atoms with E-state index in [1.807, 2.05) is 18.2 Å². The van der Waals surface area contributed by atoms with Crippen LogP contribution < -0.4 is 0 Å². The largest absolute Gasteiger partial charge is 0.364 e. The monoisotopic (exact) mass is 314 g/mol. The third kappa shape index (κ3) is 3.56. The molecule has 0 aliphatic carbocycles. The fourth-order valence-corrected chi connectivity index (χ4v) is 2.73. The molecule has 3 rings (SSSR count). The van der Waals surface area contributed by atoms with Crippen LogP contribution in [0.1, 0.15) is 17.8 Å². The molecule has 0 saturated carbocycles. The van der Waals surface area contributed by atoms with Crippen molar-refractivity contribution >= 4 is 11.8 Å². The number of nitrogens with zero attached hydrogens (tertiary/aromatic N) is 4. The lowest BCUT2D eigenvalue weighted by Crippen LogP contribution is -2.34. The van der Waals surface area contributed by atoms with E-state index in [0.717, 1.165) is 5.69 Å². The summed E-state index contributed by atoms with van der Waals surface area (Å²) in [7, 11) is 1.71. The zero-order chi connectivity index (χ0) is 16.2. The van der Waals surface area contributed by atoms with Gasteiger partial charge in [0.05, 0.1) is 24.7 Å². The lowest BCUT2D eigenvalue weighted by atomic mass is 10.1. The molecular weight excluding hydrogens is 296 g/mol. The highest BCUT2D eigenvalue weighted by Crippen LogP contribution is 2.22. The number of hydrogen-bond acceptors (Lipinski definition) is 5. The van der Waals surface area contributed by atoms with Gasteiger partial charge in [0.2, 0.25) is 11.8 Å². The number of carbonyl (C=O) groups is 2. The fourth-order valence-electron chi connectivity index (χ4n) is 2.73. The van der Waals surface area contributed by atoms with Crippen molar-refractivity contribution in [2.45, 2.75) is 19.5 Å². The van der Waals surface area contributed by atoms with Crippen LogP contribution in [0.4, 0.5) is 0 Å². The van der Waals surface area contributed by atoms with Crippen LogP contribution in [0.2, 0.25) is 0 Å². The molecule has 2 aromatic rings.